The number of carboxylic acid groups (broad SMARTS) is 2. The molecule has 4 N–H and O–H groups in total. The van der Waals surface area contributed by atoms with Gasteiger partial charge in [0, 0.05) is 59.3 Å². The van der Waals surface area contributed by atoms with Crippen LogP contribution in [0.2, 0.25) is 0 Å². The first-order chi connectivity index (χ1) is 28.2. The second-order valence-corrected chi connectivity index (χ2v) is 20.0. The summed E-state index contributed by atoms with van der Waals surface area (Å²) in [5.74, 6) is 2.07. The van der Waals surface area contributed by atoms with E-state index in [0.29, 0.717) is 11.5 Å². The van der Waals surface area contributed by atoms with Crippen molar-refractivity contribution in [1.29, 1.82) is 0 Å². The number of carbonyl (C=O) groups is 1. The van der Waals surface area contributed by atoms with Crippen molar-refractivity contribution in [2.45, 2.75) is 149 Å². The molecule has 1 aliphatic carbocycles. The minimum absolute atomic E-state index is 0. The molecule has 3 aromatic rings. The van der Waals surface area contributed by atoms with Gasteiger partial charge in [-0.05, 0) is 76.3 Å². The topological polar surface area (TPSA) is 132 Å². The van der Waals surface area contributed by atoms with Gasteiger partial charge in [-0.3, -0.25) is 24.4 Å². The third-order valence-electron chi connectivity index (χ3n) is 12.1. The molecule has 2 aliphatic heterocycles. The van der Waals surface area contributed by atoms with Crippen molar-refractivity contribution in [3.8, 4) is 11.5 Å². The van der Waals surface area contributed by atoms with Crippen molar-refractivity contribution in [1.82, 2.24) is 9.80 Å². The van der Waals surface area contributed by atoms with E-state index >= 15 is 0 Å². The van der Waals surface area contributed by atoms with Crippen molar-refractivity contribution < 1.29 is 47.2 Å². The van der Waals surface area contributed by atoms with Gasteiger partial charge in [0.25, 0.3) is 0 Å². The van der Waals surface area contributed by atoms with Crippen LogP contribution in [-0.2, 0) is 46.6 Å². The maximum atomic E-state index is 11.8. The molecule has 332 valence electrons. The van der Waals surface area contributed by atoms with E-state index < -0.39 is 6.16 Å². The summed E-state index contributed by atoms with van der Waals surface area (Å²) in [7, 11) is 0. The minimum Gasteiger partial charge on any atom is -0.507 e. The third kappa shape index (κ3) is 13.6. The van der Waals surface area contributed by atoms with E-state index in [2.05, 4.69) is 131 Å². The number of aromatic hydroxyl groups is 2. The molecule has 3 aromatic carbocycles. The van der Waals surface area contributed by atoms with Crippen molar-refractivity contribution in [3.63, 3.8) is 0 Å². The Kier molecular flexibility index (Phi) is 17.1. The predicted octanol–water partition coefficient (Wildman–Crippen LogP) is 9.97. The van der Waals surface area contributed by atoms with E-state index in [4.69, 9.17) is 25.0 Å². The monoisotopic (exact) mass is 874 g/mol. The van der Waals surface area contributed by atoms with Gasteiger partial charge in [-0.15, -0.1) is 0 Å². The molecule has 2 heterocycles. The number of benzene rings is 3. The molecule has 0 amide bonds. The Hall–Kier alpha value is -4.33. The first-order valence-corrected chi connectivity index (χ1v) is 22.1. The molecular weight excluding hydrogens is 803 g/mol. The van der Waals surface area contributed by atoms with Crippen LogP contribution in [-0.4, -0.2) is 104 Å². The SMILES string of the molecule is CC(C)(C)c1cc(C=NC2CCCCC2N=Cc2cc(C(C)(C)C)cc(C(C)(C)C)c2O)c(O)c(CCCN2CCC[N+]3=C2N(Cc2ccccc2)CCC3)c1.O=C(O)O.[Cr]. The smallest absolute Gasteiger partial charge is 0.503 e. The number of phenolic OH excluding ortho intramolecular Hbond substituents is 2. The summed E-state index contributed by atoms with van der Waals surface area (Å²) < 4.78 is 2.60. The number of hydrogen-bond acceptors (Lipinski definition) is 7. The molecular formula is C50H72CrN5O5+. The molecule has 3 aliphatic rings. The molecule has 0 saturated heterocycles. The average Bonchev–Trinajstić information content (AvgIpc) is 3.17. The van der Waals surface area contributed by atoms with Gasteiger partial charge >= 0.3 is 12.1 Å². The first kappa shape index (κ1) is 49.3. The zero-order chi connectivity index (χ0) is 43.8. The van der Waals surface area contributed by atoms with E-state index in [9.17, 15) is 10.2 Å². The zero-order valence-electron chi connectivity index (χ0n) is 38.2. The van der Waals surface area contributed by atoms with Gasteiger partial charge in [-0.2, -0.15) is 0 Å². The summed E-state index contributed by atoms with van der Waals surface area (Å²) in [6, 6.07) is 19.5. The van der Waals surface area contributed by atoms with E-state index in [-0.39, 0.29) is 45.7 Å². The zero-order valence-corrected chi connectivity index (χ0v) is 39.5. The second kappa shape index (κ2) is 21.2. The second-order valence-electron chi connectivity index (χ2n) is 20.0. The van der Waals surface area contributed by atoms with Gasteiger partial charge in [-0.25, -0.2) is 4.79 Å². The van der Waals surface area contributed by atoms with Crippen LogP contribution in [0.5, 0.6) is 11.5 Å². The van der Waals surface area contributed by atoms with Gasteiger partial charge in [0.1, 0.15) is 11.5 Å². The van der Waals surface area contributed by atoms with Gasteiger partial charge in [0.2, 0.25) is 0 Å². The van der Waals surface area contributed by atoms with E-state index in [1.807, 2.05) is 12.4 Å². The molecule has 0 radical (unpaired) electrons. The van der Waals surface area contributed by atoms with Gasteiger partial charge in [0.15, 0.2) is 0 Å². The Bertz CT molecular complexity index is 2020. The molecule has 2 atom stereocenters. The van der Waals surface area contributed by atoms with Crippen LogP contribution in [0, 0.1) is 0 Å². The Labute approximate surface area is 376 Å². The van der Waals surface area contributed by atoms with Crippen LogP contribution >= 0.6 is 0 Å². The molecule has 1 saturated carbocycles. The van der Waals surface area contributed by atoms with E-state index in [1.54, 1.807) is 0 Å². The molecule has 0 aromatic heterocycles. The number of hydrogen-bond donors (Lipinski definition) is 4. The molecule has 6 rings (SSSR count). The van der Waals surface area contributed by atoms with Crippen LogP contribution in [0.1, 0.15) is 146 Å². The minimum atomic E-state index is -1.83. The fourth-order valence-electron chi connectivity index (χ4n) is 8.64. The normalized spacial score (nSPS) is 18.8. The maximum Gasteiger partial charge on any atom is 0.503 e. The van der Waals surface area contributed by atoms with Crippen molar-refractivity contribution in [2.24, 2.45) is 9.98 Å². The van der Waals surface area contributed by atoms with Gasteiger partial charge in [0.05, 0.1) is 51.4 Å². The number of aliphatic imine (C=N–C) groups is 2. The summed E-state index contributed by atoms with van der Waals surface area (Å²) in [6.07, 6.45) is 10.3. The van der Waals surface area contributed by atoms with Crippen molar-refractivity contribution >= 4 is 24.5 Å². The Morgan fingerprint density at radius 1 is 0.721 bits per heavy atom. The Morgan fingerprint density at radius 2 is 1.23 bits per heavy atom. The summed E-state index contributed by atoms with van der Waals surface area (Å²) in [5.41, 5.74) is 6.98. The van der Waals surface area contributed by atoms with E-state index in [1.165, 1.54) is 35.5 Å². The van der Waals surface area contributed by atoms with Gasteiger partial charge in [-0.1, -0.05) is 118 Å². The summed E-state index contributed by atoms with van der Waals surface area (Å²) in [6.45, 7) is 26.2. The largest absolute Gasteiger partial charge is 0.507 e. The molecule has 0 spiro atoms. The number of nitrogens with zero attached hydrogens (tertiary/aromatic N) is 5. The predicted molar refractivity (Wildman–Crippen MR) is 245 cm³/mol. The Morgan fingerprint density at radius 3 is 1.75 bits per heavy atom. The quantitative estimate of drug-likeness (QED) is 0.118. The standard InChI is InChI=1S/C49H69N5O2.CH2O3.Cr/c1-47(2,3)39-28-36(20-15-23-52-24-16-25-53-26-17-27-54(46(52)53)34-35-18-11-10-12-19-35)44(55)37(29-39)32-50-42-21-13-14-22-43(42)51-33-38-30-40(48(4,5)6)31-41(45(38)56)49(7,8)9;2-1(3)4;/h10-12,18-19,28-33,42-43H,13-17,20-27,34H2,1-9H3,(H-,50,51,55,56);(H2,2,3,4);/p+1. The summed E-state index contributed by atoms with van der Waals surface area (Å²) >= 11 is 0. The number of phenols is 2. The molecule has 10 nitrogen and oxygen atoms in total. The fraction of sp³-hybridized carbons (Fsp3) is 0.560. The number of rotatable bonds is 10. The third-order valence-corrected chi connectivity index (χ3v) is 12.1. The first-order valence-electron chi connectivity index (χ1n) is 22.1. The fourth-order valence-corrected chi connectivity index (χ4v) is 8.64. The van der Waals surface area contributed by atoms with Crippen LogP contribution in [0.15, 0.2) is 64.6 Å². The van der Waals surface area contributed by atoms with E-state index in [0.717, 1.165) is 100 Å². The Balaban J connectivity index is 0.00000157. The average molecular weight is 875 g/mol. The van der Waals surface area contributed by atoms with Crippen molar-refractivity contribution in [3.05, 3.63) is 93.5 Å². The molecule has 0 bridgehead atoms. The van der Waals surface area contributed by atoms with Crippen LogP contribution < -0.4 is 0 Å². The molecule has 2 unspecified atom stereocenters. The van der Waals surface area contributed by atoms with Crippen LogP contribution in [0.25, 0.3) is 0 Å². The molecule has 11 heteroatoms. The van der Waals surface area contributed by atoms with Crippen LogP contribution in [0.3, 0.4) is 0 Å². The number of aryl methyl sites for hydroxylation is 1. The number of guanidine groups is 1. The molecule has 1 fully saturated rings. The maximum absolute atomic E-state index is 11.8. The van der Waals surface area contributed by atoms with Crippen molar-refractivity contribution in [2.75, 3.05) is 32.7 Å². The molecule has 61 heavy (non-hydrogen) atoms. The summed E-state index contributed by atoms with van der Waals surface area (Å²) in [5, 5.41) is 37.1. The van der Waals surface area contributed by atoms with Crippen LogP contribution in [0.4, 0.5) is 4.79 Å². The summed E-state index contributed by atoms with van der Waals surface area (Å²) in [4.78, 5) is 24.0. The van der Waals surface area contributed by atoms with Gasteiger partial charge < -0.3 is 20.4 Å².